The van der Waals surface area contributed by atoms with Gasteiger partial charge in [-0.25, -0.2) is 13.4 Å². The Bertz CT molecular complexity index is 542. The average Bonchev–Trinajstić information content (AvgIpc) is 2.15. The van der Waals surface area contributed by atoms with Crippen molar-refractivity contribution < 1.29 is 13.2 Å². The van der Waals surface area contributed by atoms with E-state index in [1.807, 2.05) is 0 Å². The summed E-state index contributed by atoms with van der Waals surface area (Å²) in [4.78, 5) is 18.4. The van der Waals surface area contributed by atoms with E-state index in [1.54, 1.807) is 0 Å². The number of nitrogens with zero attached hydrogens (tertiary/aromatic N) is 2. The molecule has 0 saturated carbocycles. The highest BCUT2D eigenvalue weighted by atomic mass is 35.7. The third kappa shape index (κ3) is 2.05. The highest BCUT2D eigenvalue weighted by molar-refractivity contribution is 8.17. The minimum Gasteiger partial charge on any atom is -0.273 e. The Morgan fingerprint density at radius 3 is 2.73 bits per heavy atom. The smallest absolute Gasteiger partial charge is 0.273 e. The van der Waals surface area contributed by atoms with Crippen LogP contribution in [0.3, 0.4) is 0 Å². The number of carbonyl (C=O) groups excluding carboxylic acids is 1. The first kappa shape index (κ1) is 10.3. The van der Waals surface area contributed by atoms with E-state index < -0.39 is 21.0 Å². The Balaban J connectivity index is 2.42. The molecule has 0 aromatic carbocycles. The molecule has 0 N–H and O–H groups in total. The molecule has 15 heavy (non-hydrogen) atoms. The summed E-state index contributed by atoms with van der Waals surface area (Å²) in [6, 6.07) is -0.531. The van der Waals surface area contributed by atoms with Crippen molar-refractivity contribution in [1.82, 2.24) is 0 Å². The second kappa shape index (κ2) is 3.39. The summed E-state index contributed by atoms with van der Waals surface area (Å²) in [6.45, 7) is 0. The summed E-state index contributed by atoms with van der Waals surface area (Å²) >= 11 is 0. The number of rotatable bonds is 1. The van der Waals surface area contributed by atoms with Gasteiger partial charge in [-0.1, -0.05) is 0 Å². The molecule has 0 aromatic heterocycles. The summed E-state index contributed by atoms with van der Waals surface area (Å²) < 4.78 is 22.0. The molecule has 5 nitrogen and oxygen atoms in total. The molecule has 1 amide bonds. The maximum absolute atomic E-state index is 11.0. The number of allylic oxidation sites excluding steroid dienone is 1. The fraction of sp³-hybridized carbons (Fsp3) is 0.125. The molecule has 0 aromatic rings. The van der Waals surface area contributed by atoms with Crippen LogP contribution >= 0.6 is 10.7 Å². The van der Waals surface area contributed by atoms with Gasteiger partial charge in [0.25, 0.3) is 15.0 Å². The quantitative estimate of drug-likeness (QED) is 0.628. The molecular formula is C8H5ClN2O3S. The molecule has 1 aliphatic heterocycles. The molecule has 2 aliphatic rings. The number of carbonyl (C=O) groups is 1. The minimum absolute atomic E-state index is 0.0281. The second-order valence-corrected chi connectivity index (χ2v) is 5.50. The third-order valence-electron chi connectivity index (χ3n) is 1.91. The van der Waals surface area contributed by atoms with Crippen LogP contribution in [-0.2, 0) is 13.8 Å². The van der Waals surface area contributed by atoms with Crippen molar-refractivity contribution in [2.75, 3.05) is 0 Å². The number of halogens is 1. The SMILES string of the molecule is O=C1C=NC2C=C(S(=O)(=O)Cl)C=CC2=N1. The molecule has 1 aliphatic carbocycles. The molecule has 0 saturated heterocycles. The standard InChI is InChI=1S/C8H5ClN2O3S/c9-15(13,14)5-1-2-6-7(3-5)10-4-8(12)11-6/h1-4,7H. The minimum atomic E-state index is -3.76. The van der Waals surface area contributed by atoms with E-state index in [9.17, 15) is 13.2 Å². The highest BCUT2D eigenvalue weighted by Gasteiger charge is 2.23. The van der Waals surface area contributed by atoms with Gasteiger partial charge in [-0.2, -0.15) is 0 Å². The Morgan fingerprint density at radius 1 is 1.33 bits per heavy atom. The van der Waals surface area contributed by atoms with Gasteiger partial charge in [-0.3, -0.25) is 9.79 Å². The largest absolute Gasteiger partial charge is 0.288 e. The number of aliphatic imine (C=N–C) groups is 2. The van der Waals surface area contributed by atoms with Gasteiger partial charge in [-0.15, -0.1) is 0 Å². The van der Waals surface area contributed by atoms with E-state index in [-0.39, 0.29) is 4.91 Å². The Morgan fingerprint density at radius 2 is 2.07 bits per heavy atom. The van der Waals surface area contributed by atoms with Crippen molar-refractivity contribution in [2.45, 2.75) is 6.04 Å². The maximum Gasteiger partial charge on any atom is 0.288 e. The zero-order chi connectivity index (χ0) is 11.1. The Labute approximate surface area is 90.3 Å². The van der Waals surface area contributed by atoms with Gasteiger partial charge in [-0.05, 0) is 18.2 Å². The summed E-state index contributed by atoms with van der Waals surface area (Å²) in [7, 11) is 1.41. The van der Waals surface area contributed by atoms with E-state index in [0.717, 1.165) is 6.21 Å². The van der Waals surface area contributed by atoms with Crippen LogP contribution in [-0.4, -0.2) is 32.3 Å². The van der Waals surface area contributed by atoms with E-state index in [2.05, 4.69) is 9.98 Å². The van der Waals surface area contributed by atoms with Crippen molar-refractivity contribution in [3.05, 3.63) is 23.1 Å². The number of amides is 1. The molecule has 2 rings (SSSR count). The molecule has 1 atom stereocenters. The van der Waals surface area contributed by atoms with Gasteiger partial charge < -0.3 is 0 Å². The van der Waals surface area contributed by atoms with Crippen LogP contribution in [0.5, 0.6) is 0 Å². The Hall–Kier alpha value is -1.27. The lowest BCUT2D eigenvalue weighted by molar-refractivity contribution is -0.111. The predicted molar refractivity (Wildman–Crippen MR) is 56.7 cm³/mol. The van der Waals surface area contributed by atoms with Gasteiger partial charge in [0.1, 0.15) is 6.04 Å². The molecule has 0 fully saturated rings. The second-order valence-electron chi connectivity index (χ2n) is 2.94. The molecule has 78 valence electrons. The summed E-state index contributed by atoms with van der Waals surface area (Å²) in [5.74, 6) is -0.448. The van der Waals surface area contributed by atoms with Crippen molar-refractivity contribution >= 4 is 37.6 Å². The van der Waals surface area contributed by atoms with Crippen LogP contribution in [0.1, 0.15) is 0 Å². The lowest BCUT2D eigenvalue weighted by Gasteiger charge is -2.15. The molecule has 0 spiro atoms. The fourth-order valence-corrected chi connectivity index (χ4v) is 2.08. The Kier molecular flexibility index (Phi) is 2.32. The summed E-state index contributed by atoms with van der Waals surface area (Å²) in [6.07, 6.45) is 5.13. The van der Waals surface area contributed by atoms with E-state index in [4.69, 9.17) is 10.7 Å². The van der Waals surface area contributed by atoms with Gasteiger partial charge in [0.05, 0.1) is 16.8 Å². The summed E-state index contributed by atoms with van der Waals surface area (Å²) in [5.41, 5.74) is 0.423. The number of hydrogen-bond donors (Lipinski definition) is 0. The van der Waals surface area contributed by atoms with Crippen LogP contribution < -0.4 is 0 Å². The van der Waals surface area contributed by atoms with E-state index in [0.29, 0.717) is 5.71 Å². The summed E-state index contributed by atoms with van der Waals surface area (Å²) in [5, 5.41) is 0. The fourth-order valence-electron chi connectivity index (χ4n) is 1.25. The highest BCUT2D eigenvalue weighted by Crippen LogP contribution is 2.21. The first-order valence-corrected chi connectivity index (χ1v) is 6.28. The predicted octanol–water partition coefficient (Wildman–Crippen LogP) is 0.429. The van der Waals surface area contributed by atoms with E-state index in [1.165, 1.54) is 18.2 Å². The maximum atomic E-state index is 11.0. The van der Waals surface area contributed by atoms with Crippen LogP contribution in [0, 0.1) is 0 Å². The van der Waals surface area contributed by atoms with Gasteiger partial charge >= 0.3 is 0 Å². The van der Waals surface area contributed by atoms with Gasteiger partial charge in [0.15, 0.2) is 0 Å². The molecule has 0 radical (unpaired) electrons. The van der Waals surface area contributed by atoms with Crippen molar-refractivity contribution in [3.63, 3.8) is 0 Å². The zero-order valence-electron chi connectivity index (χ0n) is 7.29. The van der Waals surface area contributed by atoms with Crippen LogP contribution in [0.15, 0.2) is 33.1 Å². The topological polar surface area (TPSA) is 75.9 Å². The molecule has 7 heteroatoms. The lowest BCUT2D eigenvalue weighted by Crippen LogP contribution is -2.24. The molecule has 1 unspecified atom stereocenters. The average molecular weight is 245 g/mol. The van der Waals surface area contributed by atoms with Crippen molar-refractivity contribution in [2.24, 2.45) is 9.98 Å². The third-order valence-corrected chi connectivity index (χ3v) is 3.28. The zero-order valence-corrected chi connectivity index (χ0v) is 8.86. The van der Waals surface area contributed by atoms with Crippen LogP contribution in [0.25, 0.3) is 0 Å². The van der Waals surface area contributed by atoms with Gasteiger partial charge in [0, 0.05) is 10.7 Å². The molecule has 1 heterocycles. The normalized spacial score (nSPS) is 24.6. The van der Waals surface area contributed by atoms with Crippen LogP contribution in [0.4, 0.5) is 0 Å². The van der Waals surface area contributed by atoms with Crippen molar-refractivity contribution in [3.8, 4) is 0 Å². The molecular weight excluding hydrogens is 240 g/mol. The first-order chi connectivity index (χ1) is 6.97. The van der Waals surface area contributed by atoms with Crippen LogP contribution in [0.2, 0.25) is 0 Å². The first-order valence-electron chi connectivity index (χ1n) is 3.97. The van der Waals surface area contributed by atoms with Gasteiger partial charge in [0.2, 0.25) is 0 Å². The van der Waals surface area contributed by atoms with Crippen molar-refractivity contribution in [1.29, 1.82) is 0 Å². The van der Waals surface area contributed by atoms with E-state index >= 15 is 0 Å². The number of hydrogen-bond acceptors (Lipinski definition) is 4. The lowest BCUT2D eigenvalue weighted by atomic mass is 10.1. The molecule has 0 bridgehead atoms. The number of fused-ring (bicyclic) bond motifs is 1. The monoisotopic (exact) mass is 244 g/mol.